The number of nitrogens with two attached hydrogens (primary N) is 1. The lowest BCUT2D eigenvalue weighted by Gasteiger charge is -2.16. The number of hydrogen-bond acceptors (Lipinski definition) is 6. The van der Waals surface area contributed by atoms with Crippen molar-refractivity contribution in [3.05, 3.63) is 11.4 Å². The molecular weight excluding hydrogens is 270 g/mol. The van der Waals surface area contributed by atoms with E-state index in [2.05, 4.69) is 27.5 Å². The van der Waals surface area contributed by atoms with E-state index in [1.54, 1.807) is 0 Å². The molecule has 0 aromatic carbocycles. The van der Waals surface area contributed by atoms with Gasteiger partial charge in [0.25, 0.3) is 0 Å². The Labute approximate surface area is 125 Å². The van der Waals surface area contributed by atoms with Crippen LogP contribution in [0.4, 0.5) is 16.4 Å². The molecule has 4 N–H and O–H groups in total. The maximum Gasteiger partial charge on any atom is 0.404 e. The fourth-order valence-electron chi connectivity index (χ4n) is 1.70. The first-order valence-electron chi connectivity index (χ1n) is 7.24. The van der Waals surface area contributed by atoms with Crippen LogP contribution in [0, 0.1) is 6.92 Å². The van der Waals surface area contributed by atoms with Gasteiger partial charge in [0.1, 0.15) is 24.1 Å². The number of amides is 1. The summed E-state index contributed by atoms with van der Waals surface area (Å²) in [6.45, 7) is 9.67. The van der Waals surface area contributed by atoms with Gasteiger partial charge >= 0.3 is 6.09 Å². The lowest BCUT2D eigenvalue weighted by atomic mass is 10.2. The first-order chi connectivity index (χ1) is 9.95. The van der Waals surface area contributed by atoms with Crippen LogP contribution in [0.1, 0.15) is 44.5 Å². The zero-order valence-electron chi connectivity index (χ0n) is 13.2. The number of carbonyl (C=O) groups excluding carboxylic acids is 1. The summed E-state index contributed by atoms with van der Waals surface area (Å²) in [7, 11) is 0. The highest BCUT2D eigenvalue weighted by Crippen LogP contribution is 2.23. The Balaban J connectivity index is 2.84. The monoisotopic (exact) mass is 295 g/mol. The van der Waals surface area contributed by atoms with E-state index in [1.165, 1.54) is 0 Å². The molecule has 1 amide bonds. The number of rotatable bonds is 8. The van der Waals surface area contributed by atoms with Crippen LogP contribution in [-0.2, 0) is 4.74 Å². The minimum Gasteiger partial charge on any atom is -0.448 e. The Hall–Kier alpha value is -2.05. The lowest BCUT2D eigenvalue weighted by Crippen LogP contribution is -2.20. The molecule has 118 valence electrons. The number of primary amides is 1. The van der Waals surface area contributed by atoms with Crippen LogP contribution in [0.15, 0.2) is 0 Å². The number of ether oxygens (including phenoxy) is 1. The van der Waals surface area contributed by atoms with E-state index >= 15 is 0 Å². The van der Waals surface area contributed by atoms with E-state index in [0.29, 0.717) is 6.54 Å². The first-order valence-corrected chi connectivity index (χ1v) is 7.24. The van der Waals surface area contributed by atoms with Crippen LogP contribution in [0.2, 0.25) is 0 Å². The molecule has 7 heteroatoms. The summed E-state index contributed by atoms with van der Waals surface area (Å²) < 4.78 is 4.69. The molecule has 0 unspecified atom stereocenters. The van der Waals surface area contributed by atoms with Crippen molar-refractivity contribution >= 4 is 17.7 Å². The number of nitrogens with zero attached hydrogens (tertiary/aromatic N) is 2. The third-order valence-electron chi connectivity index (χ3n) is 2.86. The van der Waals surface area contributed by atoms with E-state index < -0.39 is 6.09 Å². The quantitative estimate of drug-likeness (QED) is 0.636. The average molecular weight is 295 g/mol. The molecule has 1 rings (SSSR count). The maximum atomic E-state index is 10.5. The molecule has 1 aromatic heterocycles. The Bertz CT molecular complexity index is 477. The van der Waals surface area contributed by atoms with Crippen molar-refractivity contribution in [2.24, 2.45) is 5.73 Å². The number of carbonyl (C=O) groups is 1. The molecule has 0 atom stereocenters. The first kappa shape index (κ1) is 17.0. The molecule has 0 aliphatic heterocycles. The van der Waals surface area contributed by atoms with Crippen molar-refractivity contribution in [1.82, 2.24) is 9.97 Å². The van der Waals surface area contributed by atoms with Gasteiger partial charge in [-0.05, 0) is 13.3 Å². The predicted octanol–water partition coefficient (Wildman–Crippen LogP) is 2.24. The van der Waals surface area contributed by atoms with Crippen LogP contribution < -0.4 is 16.4 Å². The minimum absolute atomic E-state index is 0.202. The Morgan fingerprint density at radius 3 is 2.29 bits per heavy atom. The summed E-state index contributed by atoms with van der Waals surface area (Å²) in [6.07, 6.45) is 0.250. The van der Waals surface area contributed by atoms with Crippen molar-refractivity contribution in [2.75, 3.05) is 30.3 Å². The number of aromatic nitrogens is 2. The van der Waals surface area contributed by atoms with E-state index in [4.69, 9.17) is 10.5 Å². The molecule has 0 saturated heterocycles. The van der Waals surface area contributed by atoms with Gasteiger partial charge in [-0.25, -0.2) is 14.8 Å². The molecule has 0 spiro atoms. The molecule has 1 aromatic rings. The molecule has 1 heterocycles. The van der Waals surface area contributed by atoms with Crippen LogP contribution in [0.5, 0.6) is 0 Å². The van der Waals surface area contributed by atoms with Crippen molar-refractivity contribution in [2.45, 2.75) is 40.0 Å². The summed E-state index contributed by atoms with van der Waals surface area (Å²) in [4.78, 5) is 19.6. The normalized spacial score (nSPS) is 10.5. The highest BCUT2D eigenvalue weighted by Gasteiger charge is 2.12. The predicted molar refractivity (Wildman–Crippen MR) is 83.7 cm³/mol. The van der Waals surface area contributed by atoms with Gasteiger partial charge in [0.15, 0.2) is 0 Å². The Kier molecular flexibility index (Phi) is 6.71. The fraction of sp³-hybridized carbons (Fsp3) is 0.643. The standard InChI is InChI=1S/C14H25N5O2/c1-5-6-16-12-10(4)13(17-7-8-21-14(15)20)19-11(18-12)9(2)3/h9H,5-8H2,1-4H3,(H2,15,20)(H2,16,17,18,19). The third kappa shape index (κ3) is 5.45. The van der Waals surface area contributed by atoms with Gasteiger partial charge in [0.05, 0.1) is 6.54 Å². The van der Waals surface area contributed by atoms with E-state index in [9.17, 15) is 4.79 Å². The Morgan fingerprint density at radius 2 is 1.81 bits per heavy atom. The second-order valence-electron chi connectivity index (χ2n) is 5.08. The molecule has 21 heavy (non-hydrogen) atoms. The summed E-state index contributed by atoms with van der Waals surface area (Å²) >= 11 is 0. The van der Waals surface area contributed by atoms with E-state index in [0.717, 1.165) is 36.0 Å². The zero-order valence-corrected chi connectivity index (χ0v) is 13.2. The third-order valence-corrected chi connectivity index (χ3v) is 2.86. The summed E-state index contributed by atoms with van der Waals surface area (Å²) in [5, 5.41) is 6.47. The smallest absolute Gasteiger partial charge is 0.404 e. The fourth-order valence-corrected chi connectivity index (χ4v) is 1.70. The highest BCUT2D eigenvalue weighted by molar-refractivity contribution is 5.64. The average Bonchev–Trinajstić information content (AvgIpc) is 2.43. The highest BCUT2D eigenvalue weighted by atomic mass is 16.5. The van der Waals surface area contributed by atoms with Gasteiger partial charge in [-0.1, -0.05) is 20.8 Å². The van der Waals surface area contributed by atoms with Crippen LogP contribution in [-0.4, -0.2) is 35.8 Å². The number of hydrogen-bond donors (Lipinski definition) is 3. The minimum atomic E-state index is -0.774. The largest absolute Gasteiger partial charge is 0.448 e. The maximum absolute atomic E-state index is 10.5. The van der Waals surface area contributed by atoms with Crippen molar-refractivity contribution < 1.29 is 9.53 Å². The van der Waals surface area contributed by atoms with Crippen molar-refractivity contribution in [1.29, 1.82) is 0 Å². The number of anilines is 2. The molecule has 0 bridgehead atoms. The van der Waals surface area contributed by atoms with Gasteiger partial charge < -0.3 is 21.1 Å². The SMILES string of the molecule is CCCNc1nc(C(C)C)nc(NCCOC(N)=O)c1C. The topological polar surface area (TPSA) is 102 Å². The van der Waals surface area contributed by atoms with Gasteiger partial charge in [0, 0.05) is 18.0 Å². The zero-order chi connectivity index (χ0) is 15.8. The molecular formula is C14H25N5O2. The molecule has 0 aliphatic carbocycles. The summed E-state index contributed by atoms with van der Waals surface area (Å²) in [5.74, 6) is 2.60. The summed E-state index contributed by atoms with van der Waals surface area (Å²) in [5.41, 5.74) is 5.87. The molecule has 0 fully saturated rings. The number of nitrogens with one attached hydrogen (secondary N) is 2. The van der Waals surface area contributed by atoms with Gasteiger partial charge in [-0.2, -0.15) is 0 Å². The molecule has 7 nitrogen and oxygen atoms in total. The van der Waals surface area contributed by atoms with Crippen LogP contribution in [0.3, 0.4) is 0 Å². The molecule has 0 aliphatic rings. The van der Waals surface area contributed by atoms with Crippen LogP contribution in [0.25, 0.3) is 0 Å². The second-order valence-corrected chi connectivity index (χ2v) is 5.08. The van der Waals surface area contributed by atoms with Crippen LogP contribution >= 0.6 is 0 Å². The summed E-state index contributed by atoms with van der Waals surface area (Å²) in [6, 6.07) is 0. The van der Waals surface area contributed by atoms with E-state index in [1.807, 2.05) is 20.8 Å². The van der Waals surface area contributed by atoms with Gasteiger partial charge in [-0.3, -0.25) is 0 Å². The molecule has 0 radical (unpaired) electrons. The molecule has 0 saturated carbocycles. The van der Waals surface area contributed by atoms with Gasteiger partial charge in [0.2, 0.25) is 0 Å². The van der Waals surface area contributed by atoms with Crippen molar-refractivity contribution in [3.63, 3.8) is 0 Å². The van der Waals surface area contributed by atoms with Crippen molar-refractivity contribution in [3.8, 4) is 0 Å². The van der Waals surface area contributed by atoms with E-state index in [-0.39, 0.29) is 12.5 Å². The van der Waals surface area contributed by atoms with Gasteiger partial charge in [-0.15, -0.1) is 0 Å². The Morgan fingerprint density at radius 1 is 1.24 bits per heavy atom. The lowest BCUT2D eigenvalue weighted by molar-refractivity contribution is 0.161. The second kappa shape index (κ2) is 8.28.